The Bertz CT molecular complexity index is 349. The van der Waals surface area contributed by atoms with Crippen molar-refractivity contribution in [2.24, 2.45) is 11.8 Å². The Kier molecular flexibility index (Phi) is 4.87. The summed E-state index contributed by atoms with van der Waals surface area (Å²) >= 11 is 6.05. The lowest BCUT2D eigenvalue weighted by molar-refractivity contribution is 0.232. The van der Waals surface area contributed by atoms with Crippen molar-refractivity contribution in [3.05, 3.63) is 34.9 Å². The summed E-state index contributed by atoms with van der Waals surface area (Å²) in [5, 5.41) is 4.20. The zero-order chi connectivity index (χ0) is 12.1. The standard InChI is InChI=1S/C15H22ClN/c1-17-11-14-7-3-2-6-13(14)9-12-5-4-8-15(16)10-12/h4-5,8,10,13-14,17H,2-3,6-7,9,11H2,1H3. The van der Waals surface area contributed by atoms with Gasteiger partial charge in [-0.05, 0) is 62.4 Å². The highest BCUT2D eigenvalue weighted by Crippen LogP contribution is 2.32. The molecule has 1 aliphatic rings. The van der Waals surface area contributed by atoms with Gasteiger partial charge in [0.05, 0.1) is 0 Å². The molecule has 0 amide bonds. The maximum atomic E-state index is 6.05. The van der Waals surface area contributed by atoms with Crippen LogP contribution >= 0.6 is 11.6 Å². The van der Waals surface area contributed by atoms with E-state index in [2.05, 4.69) is 30.6 Å². The Balaban J connectivity index is 2.00. The van der Waals surface area contributed by atoms with Crippen molar-refractivity contribution in [1.82, 2.24) is 5.32 Å². The van der Waals surface area contributed by atoms with E-state index in [4.69, 9.17) is 11.6 Å². The third-order valence-electron chi connectivity index (χ3n) is 3.92. The zero-order valence-corrected chi connectivity index (χ0v) is 11.3. The topological polar surface area (TPSA) is 12.0 Å². The first-order chi connectivity index (χ1) is 8.29. The summed E-state index contributed by atoms with van der Waals surface area (Å²) in [4.78, 5) is 0. The SMILES string of the molecule is CNCC1CCCCC1Cc1cccc(Cl)c1. The maximum Gasteiger partial charge on any atom is 0.0408 e. The van der Waals surface area contributed by atoms with E-state index in [-0.39, 0.29) is 0 Å². The molecule has 2 heteroatoms. The fourth-order valence-electron chi connectivity index (χ4n) is 3.05. The summed E-state index contributed by atoms with van der Waals surface area (Å²) in [7, 11) is 2.06. The Morgan fingerprint density at radius 1 is 1.24 bits per heavy atom. The molecule has 2 rings (SSSR count). The molecule has 2 unspecified atom stereocenters. The van der Waals surface area contributed by atoms with Gasteiger partial charge in [-0.25, -0.2) is 0 Å². The second kappa shape index (κ2) is 6.42. The number of nitrogens with one attached hydrogen (secondary N) is 1. The molecule has 1 aliphatic carbocycles. The van der Waals surface area contributed by atoms with Gasteiger partial charge in [0.25, 0.3) is 0 Å². The van der Waals surface area contributed by atoms with Crippen LogP contribution in [0.1, 0.15) is 31.2 Å². The maximum absolute atomic E-state index is 6.05. The smallest absolute Gasteiger partial charge is 0.0408 e. The molecule has 94 valence electrons. The molecule has 0 bridgehead atoms. The molecule has 2 atom stereocenters. The molecular formula is C15H22ClN. The monoisotopic (exact) mass is 251 g/mol. The number of rotatable bonds is 4. The van der Waals surface area contributed by atoms with Gasteiger partial charge >= 0.3 is 0 Å². The van der Waals surface area contributed by atoms with Crippen LogP contribution in [0.4, 0.5) is 0 Å². The van der Waals surface area contributed by atoms with Crippen LogP contribution in [0.5, 0.6) is 0 Å². The quantitative estimate of drug-likeness (QED) is 0.856. The first kappa shape index (κ1) is 12.9. The molecule has 0 radical (unpaired) electrons. The van der Waals surface area contributed by atoms with Gasteiger partial charge in [0.2, 0.25) is 0 Å². The molecule has 17 heavy (non-hydrogen) atoms. The lowest BCUT2D eigenvalue weighted by Gasteiger charge is -2.31. The van der Waals surface area contributed by atoms with Crippen molar-refractivity contribution < 1.29 is 0 Å². The van der Waals surface area contributed by atoms with E-state index in [1.165, 1.54) is 37.7 Å². The molecule has 1 N–H and O–H groups in total. The van der Waals surface area contributed by atoms with Gasteiger partial charge in [0.1, 0.15) is 0 Å². The van der Waals surface area contributed by atoms with E-state index in [0.29, 0.717) is 0 Å². The Morgan fingerprint density at radius 2 is 2.00 bits per heavy atom. The minimum absolute atomic E-state index is 0.828. The van der Waals surface area contributed by atoms with Crippen LogP contribution in [0, 0.1) is 11.8 Å². The number of hydrogen-bond donors (Lipinski definition) is 1. The van der Waals surface area contributed by atoms with Gasteiger partial charge in [-0.1, -0.05) is 36.6 Å². The molecule has 0 aliphatic heterocycles. The predicted octanol–water partition coefficient (Wildman–Crippen LogP) is 3.91. The van der Waals surface area contributed by atoms with Crippen molar-refractivity contribution in [3.63, 3.8) is 0 Å². The summed E-state index contributed by atoms with van der Waals surface area (Å²) in [6.07, 6.45) is 6.74. The molecule has 0 heterocycles. The average Bonchev–Trinajstić information content (AvgIpc) is 2.32. The van der Waals surface area contributed by atoms with Crippen molar-refractivity contribution in [1.29, 1.82) is 0 Å². The molecule has 1 aromatic carbocycles. The van der Waals surface area contributed by atoms with Crippen molar-refractivity contribution in [3.8, 4) is 0 Å². The molecule has 0 spiro atoms. The number of hydrogen-bond acceptors (Lipinski definition) is 1. The van der Waals surface area contributed by atoms with Crippen molar-refractivity contribution >= 4 is 11.6 Å². The Labute approximate surface area is 110 Å². The summed E-state index contributed by atoms with van der Waals surface area (Å²) in [5.74, 6) is 1.67. The van der Waals surface area contributed by atoms with E-state index in [1.807, 2.05) is 6.07 Å². The van der Waals surface area contributed by atoms with Crippen LogP contribution in [0.15, 0.2) is 24.3 Å². The minimum Gasteiger partial charge on any atom is -0.319 e. The van der Waals surface area contributed by atoms with Gasteiger partial charge in [-0.2, -0.15) is 0 Å². The van der Waals surface area contributed by atoms with Crippen LogP contribution in [0.2, 0.25) is 5.02 Å². The van der Waals surface area contributed by atoms with E-state index in [0.717, 1.165) is 23.4 Å². The highest BCUT2D eigenvalue weighted by Gasteiger charge is 2.24. The second-order valence-electron chi connectivity index (χ2n) is 5.20. The fourth-order valence-corrected chi connectivity index (χ4v) is 3.26. The highest BCUT2D eigenvalue weighted by atomic mass is 35.5. The highest BCUT2D eigenvalue weighted by molar-refractivity contribution is 6.30. The molecule has 0 saturated heterocycles. The van der Waals surface area contributed by atoms with Crippen molar-refractivity contribution in [2.75, 3.05) is 13.6 Å². The number of benzene rings is 1. The van der Waals surface area contributed by atoms with Crippen LogP contribution < -0.4 is 5.32 Å². The average molecular weight is 252 g/mol. The molecule has 1 fully saturated rings. The third-order valence-corrected chi connectivity index (χ3v) is 4.15. The van der Waals surface area contributed by atoms with E-state index in [9.17, 15) is 0 Å². The van der Waals surface area contributed by atoms with Gasteiger partial charge < -0.3 is 5.32 Å². The summed E-state index contributed by atoms with van der Waals surface area (Å²) in [6, 6.07) is 8.34. The Hall–Kier alpha value is -0.530. The largest absolute Gasteiger partial charge is 0.319 e. The summed E-state index contributed by atoms with van der Waals surface area (Å²) in [6.45, 7) is 1.16. The van der Waals surface area contributed by atoms with Crippen LogP contribution in [-0.4, -0.2) is 13.6 Å². The van der Waals surface area contributed by atoms with Gasteiger partial charge in [-0.3, -0.25) is 0 Å². The van der Waals surface area contributed by atoms with Gasteiger partial charge in [0, 0.05) is 5.02 Å². The van der Waals surface area contributed by atoms with E-state index in [1.54, 1.807) is 0 Å². The van der Waals surface area contributed by atoms with E-state index < -0.39 is 0 Å². The summed E-state index contributed by atoms with van der Waals surface area (Å²) in [5.41, 5.74) is 1.39. The van der Waals surface area contributed by atoms with Crippen LogP contribution in [0.3, 0.4) is 0 Å². The first-order valence-electron chi connectivity index (χ1n) is 6.68. The molecule has 0 aromatic heterocycles. The Morgan fingerprint density at radius 3 is 2.71 bits per heavy atom. The van der Waals surface area contributed by atoms with Crippen molar-refractivity contribution in [2.45, 2.75) is 32.1 Å². The predicted molar refractivity (Wildman–Crippen MR) is 74.5 cm³/mol. The molecular weight excluding hydrogens is 230 g/mol. The lowest BCUT2D eigenvalue weighted by atomic mass is 9.76. The first-order valence-corrected chi connectivity index (χ1v) is 7.06. The van der Waals surface area contributed by atoms with E-state index >= 15 is 0 Å². The molecule has 1 nitrogen and oxygen atoms in total. The van der Waals surface area contributed by atoms with Crippen LogP contribution in [-0.2, 0) is 6.42 Å². The van der Waals surface area contributed by atoms with Gasteiger partial charge in [0.15, 0.2) is 0 Å². The third kappa shape index (κ3) is 3.72. The lowest BCUT2D eigenvalue weighted by Crippen LogP contribution is -2.30. The van der Waals surface area contributed by atoms with Crippen LogP contribution in [0.25, 0.3) is 0 Å². The van der Waals surface area contributed by atoms with Gasteiger partial charge in [-0.15, -0.1) is 0 Å². The fraction of sp³-hybridized carbons (Fsp3) is 0.600. The normalized spacial score (nSPS) is 24.8. The molecule has 1 aromatic rings. The minimum atomic E-state index is 0.828. The zero-order valence-electron chi connectivity index (χ0n) is 10.6. The second-order valence-corrected chi connectivity index (χ2v) is 5.63. The summed E-state index contributed by atoms with van der Waals surface area (Å²) < 4.78 is 0. The number of halogens is 1. The molecule has 1 saturated carbocycles.